The highest BCUT2D eigenvalue weighted by molar-refractivity contribution is 7.23. The summed E-state index contributed by atoms with van der Waals surface area (Å²) in [5.41, 5.74) is 3.09. The molecule has 0 atom stereocenters. The maximum Gasteiger partial charge on any atom is 0.292 e. The summed E-state index contributed by atoms with van der Waals surface area (Å²) in [5.74, 6) is 0.156. The molecule has 0 fully saturated rings. The number of aryl methyl sites for hydroxylation is 1. The second kappa shape index (κ2) is 7.33. The van der Waals surface area contributed by atoms with Crippen molar-refractivity contribution >= 4 is 49.7 Å². The average molecular weight is 438 g/mol. The number of imidazole rings is 1. The van der Waals surface area contributed by atoms with Crippen LogP contribution in [0.25, 0.3) is 20.8 Å². The van der Waals surface area contributed by atoms with Crippen LogP contribution in [0.15, 0.2) is 36.7 Å². The van der Waals surface area contributed by atoms with Crippen LogP contribution in [0.4, 0.5) is 5.00 Å². The summed E-state index contributed by atoms with van der Waals surface area (Å²) in [4.78, 5) is 36.7. The summed E-state index contributed by atoms with van der Waals surface area (Å²) in [6.07, 6.45) is 4.09. The number of carbonyl (C=O) groups is 2. The van der Waals surface area contributed by atoms with E-state index in [0.29, 0.717) is 18.9 Å². The van der Waals surface area contributed by atoms with Crippen LogP contribution in [-0.2, 0) is 24.8 Å². The molecule has 1 aliphatic rings. The lowest BCUT2D eigenvalue weighted by molar-refractivity contribution is -0.129. The fraction of sp³-hybridized carbons (Fsp3) is 0.238. The first-order chi connectivity index (χ1) is 14.5. The number of rotatable bonds is 3. The molecule has 1 aliphatic heterocycles. The van der Waals surface area contributed by atoms with E-state index in [4.69, 9.17) is 4.98 Å². The summed E-state index contributed by atoms with van der Waals surface area (Å²) in [7, 11) is 1.79. The number of thiazole rings is 1. The van der Waals surface area contributed by atoms with Gasteiger partial charge in [0.1, 0.15) is 10.0 Å². The van der Waals surface area contributed by atoms with Gasteiger partial charge in [0, 0.05) is 43.4 Å². The number of para-hydroxylation sites is 1. The average Bonchev–Trinajstić information content (AvgIpc) is 3.42. The zero-order valence-corrected chi connectivity index (χ0v) is 18.1. The van der Waals surface area contributed by atoms with Gasteiger partial charge in [-0.25, -0.2) is 9.97 Å². The van der Waals surface area contributed by atoms with Crippen molar-refractivity contribution in [1.82, 2.24) is 19.4 Å². The minimum Gasteiger partial charge on any atom is -0.337 e. The smallest absolute Gasteiger partial charge is 0.292 e. The van der Waals surface area contributed by atoms with Gasteiger partial charge in [-0.1, -0.05) is 12.1 Å². The summed E-state index contributed by atoms with van der Waals surface area (Å²) < 4.78 is 2.80. The van der Waals surface area contributed by atoms with Crippen molar-refractivity contribution in [2.45, 2.75) is 19.9 Å². The zero-order valence-electron chi connectivity index (χ0n) is 16.5. The summed E-state index contributed by atoms with van der Waals surface area (Å²) in [6.45, 7) is 2.83. The van der Waals surface area contributed by atoms with Crippen LogP contribution in [0.3, 0.4) is 0 Å². The predicted molar refractivity (Wildman–Crippen MR) is 119 cm³/mol. The fourth-order valence-corrected chi connectivity index (χ4v) is 6.08. The first kappa shape index (κ1) is 19.0. The number of fused-ring (bicyclic) bond motifs is 2. The van der Waals surface area contributed by atoms with Gasteiger partial charge in [0.05, 0.1) is 16.8 Å². The van der Waals surface area contributed by atoms with Crippen LogP contribution in [0.5, 0.6) is 0 Å². The number of nitrogens with one attached hydrogen (secondary N) is 1. The van der Waals surface area contributed by atoms with E-state index in [9.17, 15) is 9.59 Å². The van der Waals surface area contributed by atoms with Gasteiger partial charge in [-0.15, -0.1) is 22.7 Å². The molecule has 7 nitrogen and oxygen atoms in total. The third-order valence-corrected chi connectivity index (χ3v) is 7.45. The Balaban J connectivity index is 1.61. The molecule has 9 heteroatoms. The van der Waals surface area contributed by atoms with Crippen LogP contribution in [0.2, 0.25) is 0 Å². The second-order valence-corrected chi connectivity index (χ2v) is 9.34. The number of amides is 2. The normalized spacial score (nSPS) is 13.5. The molecule has 5 rings (SSSR count). The van der Waals surface area contributed by atoms with Crippen molar-refractivity contribution in [3.05, 3.63) is 52.9 Å². The summed E-state index contributed by atoms with van der Waals surface area (Å²) in [5, 5.41) is 4.71. The Kier molecular flexibility index (Phi) is 4.63. The van der Waals surface area contributed by atoms with Gasteiger partial charge >= 0.3 is 0 Å². The van der Waals surface area contributed by atoms with Crippen LogP contribution in [0.1, 0.15) is 28.0 Å². The van der Waals surface area contributed by atoms with Gasteiger partial charge < -0.3 is 14.8 Å². The van der Waals surface area contributed by atoms with E-state index >= 15 is 0 Å². The number of nitrogens with zero attached hydrogens (tertiary/aromatic N) is 4. The maximum atomic E-state index is 12.9. The van der Waals surface area contributed by atoms with E-state index in [1.54, 1.807) is 42.3 Å². The molecular weight excluding hydrogens is 418 g/mol. The molecule has 1 aromatic carbocycles. The van der Waals surface area contributed by atoms with E-state index in [2.05, 4.69) is 16.4 Å². The van der Waals surface area contributed by atoms with Crippen LogP contribution in [-0.4, -0.2) is 37.8 Å². The third kappa shape index (κ3) is 3.20. The number of hydrogen-bond donors (Lipinski definition) is 1. The molecule has 4 heterocycles. The molecule has 4 aromatic rings. The molecule has 3 aromatic heterocycles. The molecule has 30 heavy (non-hydrogen) atoms. The van der Waals surface area contributed by atoms with Crippen molar-refractivity contribution < 1.29 is 9.59 Å². The van der Waals surface area contributed by atoms with Crippen molar-refractivity contribution in [3.8, 4) is 10.6 Å². The quantitative estimate of drug-likeness (QED) is 0.527. The van der Waals surface area contributed by atoms with Crippen LogP contribution in [0, 0.1) is 0 Å². The Labute approximate surface area is 181 Å². The Bertz CT molecular complexity index is 1250. The number of carbonyl (C=O) groups excluding carboxylic acids is 2. The molecule has 0 unspecified atom stereocenters. The zero-order chi connectivity index (χ0) is 20.8. The monoisotopic (exact) mass is 437 g/mol. The molecule has 1 N–H and O–H groups in total. The Morgan fingerprint density at radius 3 is 2.77 bits per heavy atom. The highest BCUT2D eigenvalue weighted by Gasteiger charge is 2.29. The molecule has 2 amide bonds. The lowest BCUT2D eigenvalue weighted by atomic mass is 10.0. The van der Waals surface area contributed by atoms with Gasteiger partial charge in [0.25, 0.3) is 5.91 Å². The summed E-state index contributed by atoms with van der Waals surface area (Å²) in [6, 6.07) is 8.03. The lowest BCUT2D eigenvalue weighted by Crippen LogP contribution is -2.33. The van der Waals surface area contributed by atoms with Gasteiger partial charge in [-0.05, 0) is 24.1 Å². The Morgan fingerprint density at radius 1 is 1.20 bits per heavy atom. The minimum atomic E-state index is -0.258. The van der Waals surface area contributed by atoms with E-state index < -0.39 is 0 Å². The first-order valence-corrected chi connectivity index (χ1v) is 11.2. The second-order valence-electron chi connectivity index (χ2n) is 7.20. The van der Waals surface area contributed by atoms with Crippen molar-refractivity contribution in [2.75, 3.05) is 11.9 Å². The minimum absolute atomic E-state index is 0.0641. The van der Waals surface area contributed by atoms with Gasteiger partial charge in [0.2, 0.25) is 5.91 Å². The molecule has 0 spiro atoms. The first-order valence-electron chi connectivity index (χ1n) is 9.56. The molecule has 0 bridgehead atoms. The van der Waals surface area contributed by atoms with Gasteiger partial charge in [-0.2, -0.15) is 0 Å². The van der Waals surface area contributed by atoms with Crippen LogP contribution < -0.4 is 5.32 Å². The van der Waals surface area contributed by atoms with E-state index in [0.717, 1.165) is 37.1 Å². The number of aromatic nitrogens is 3. The number of hydrogen-bond acceptors (Lipinski definition) is 6. The largest absolute Gasteiger partial charge is 0.337 e. The molecule has 152 valence electrons. The predicted octanol–water partition coefficient (Wildman–Crippen LogP) is 3.92. The van der Waals surface area contributed by atoms with Crippen molar-refractivity contribution in [3.63, 3.8) is 0 Å². The van der Waals surface area contributed by atoms with E-state index in [-0.39, 0.29) is 11.8 Å². The highest BCUT2D eigenvalue weighted by Crippen LogP contribution is 2.45. The van der Waals surface area contributed by atoms with Crippen LogP contribution >= 0.6 is 22.7 Å². The maximum absolute atomic E-state index is 12.9. The number of benzene rings is 1. The highest BCUT2D eigenvalue weighted by atomic mass is 32.1. The summed E-state index contributed by atoms with van der Waals surface area (Å²) >= 11 is 3.14. The molecular formula is C21H19N5O2S2. The van der Waals surface area contributed by atoms with E-state index in [1.165, 1.54) is 16.9 Å². The Hall–Kier alpha value is -3.04. The molecule has 0 aliphatic carbocycles. The van der Waals surface area contributed by atoms with Gasteiger partial charge in [-0.3, -0.25) is 9.59 Å². The lowest BCUT2D eigenvalue weighted by Gasteiger charge is -2.26. The molecule has 0 saturated heterocycles. The fourth-order valence-electron chi connectivity index (χ4n) is 3.71. The van der Waals surface area contributed by atoms with Gasteiger partial charge in [0.15, 0.2) is 5.82 Å². The standard InChI is InChI=1S/C21H19N5O2S2/c1-12(27)26-9-7-13-16(11-26)30-21(24-19(28)18-22-8-10-25(18)2)17(13)20-23-14-5-3-4-6-15(14)29-20/h3-6,8,10H,7,9,11H2,1-2H3,(H,24,28). The number of anilines is 1. The molecule has 0 saturated carbocycles. The third-order valence-electron chi connectivity index (χ3n) is 5.26. The number of thiophene rings is 1. The van der Waals surface area contributed by atoms with Crippen molar-refractivity contribution in [1.29, 1.82) is 0 Å². The van der Waals surface area contributed by atoms with E-state index in [1.807, 2.05) is 23.1 Å². The SMILES string of the molecule is CC(=O)N1CCc2c(sc(NC(=O)c3nccn3C)c2-c2nc3ccccc3s2)C1. The topological polar surface area (TPSA) is 80.1 Å². The Morgan fingerprint density at radius 2 is 2.03 bits per heavy atom. The van der Waals surface area contributed by atoms with Crippen molar-refractivity contribution in [2.24, 2.45) is 7.05 Å². The molecule has 0 radical (unpaired) electrons.